The first-order valence-electron chi connectivity index (χ1n) is 7.72. The smallest absolute Gasteiger partial charge is 0.343 e. The molecule has 0 radical (unpaired) electrons. The first kappa shape index (κ1) is 17.6. The van der Waals surface area contributed by atoms with Crippen molar-refractivity contribution in [2.75, 3.05) is 13.7 Å². The van der Waals surface area contributed by atoms with Crippen molar-refractivity contribution in [3.8, 4) is 11.8 Å². The number of esters is 1. The number of nitrogens with zero attached hydrogens (tertiary/aromatic N) is 2. The second-order valence-electron chi connectivity index (χ2n) is 5.22. The van der Waals surface area contributed by atoms with Gasteiger partial charge in [-0.2, -0.15) is 5.26 Å². The molecule has 130 valence electrons. The van der Waals surface area contributed by atoms with E-state index in [4.69, 9.17) is 4.74 Å². The highest BCUT2D eigenvalue weighted by atomic mass is 32.2. The summed E-state index contributed by atoms with van der Waals surface area (Å²) in [4.78, 5) is 19.2. The van der Waals surface area contributed by atoms with Gasteiger partial charge in [0.2, 0.25) is 0 Å². The number of aromatic amines is 1. The maximum atomic E-state index is 11.1. The largest absolute Gasteiger partial charge is 0.482 e. The fourth-order valence-electron chi connectivity index (χ4n) is 2.18. The molecule has 0 fully saturated rings. The molecule has 0 unspecified atom stereocenters. The molecule has 0 aliphatic heterocycles. The molecule has 7 heteroatoms. The monoisotopic (exact) mass is 365 g/mol. The van der Waals surface area contributed by atoms with Crippen molar-refractivity contribution in [2.24, 2.45) is 0 Å². The second-order valence-corrected chi connectivity index (χ2v) is 6.25. The number of aromatic nitrogens is 2. The minimum atomic E-state index is -0.442. The highest BCUT2D eigenvalue weighted by Gasteiger charge is 2.07. The molecule has 2 aromatic carbocycles. The average Bonchev–Trinajstić information content (AvgIpc) is 3.08. The first-order valence-corrected chi connectivity index (χ1v) is 8.53. The molecule has 0 atom stereocenters. The number of thioether (sulfide) groups is 1. The van der Waals surface area contributed by atoms with Gasteiger partial charge >= 0.3 is 5.97 Å². The van der Waals surface area contributed by atoms with Crippen LogP contribution in [0.5, 0.6) is 5.75 Å². The summed E-state index contributed by atoms with van der Waals surface area (Å²) in [6.07, 6.45) is 1.77. The number of allylic oxidation sites excluding steroid dienone is 1. The minimum Gasteiger partial charge on any atom is -0.482 e. The van der Waals surface area contributed by atoms with Crippen LogP contribution in [0.3, 0.4) is 0 Å². The third-order valence-electron chi connectivity index (χ3n) is 3.45. The van der Waals surface area contributed by atoms with Crippen molar-refractivity contribution in [3.05, 3.63) is 59.0 Å². The molecular weight excluding hydrogens is 350 g/mol. The highest BCUT2D eigenvalue weighted by molar-refractivity contribution is 8.03. The molecule has 1 heterocycles. The van der Waals surface area contributed by atoms with E-state index in [9.17, 15) is 10.1 Å². The van der Waals surface area contributed by atoms with E-state index in [0.29, 0.717) is 15.8 Å². The average molecular weight is 365 g/mol. The third-order valence-corrected chi connectivity index (χ3v) is 4.26. The summed E-state index contributed by atoms with van der Waals surface area (Å²) in [5.41, 5.74) is 2.63. The number of fused-ring (bicyclic) bond motifs is 1. The SMILES string of the molecule is COC(=O)COc1ccc(/C=C(\C#N)Sc2nc3ccccc3[nH]2)cc1. The fraction of sp³-hybridized carbons (Fsp3) is 0.105. The molecule has 26 heavy (non-hydrogen) atoms. The lowest BCUT2D eigenvalue weighted by atomic mass is 10.2. The first-order chi connectivity index (χ1) is 12.7. The summed E-state index contributed by atoms with van der Waals surface area (Å²) in [6, 6.07) is 17.0. The Morgan fingerprint density at radius 1 is 1.27 bits per heavy atom. The number of nitrogens with one attached hydrogen (secondary N) is 1. The number of para-hydroxylation sites is 2. The molecule has 0 spiro atoms. The number of hydrogen-bond donors (Lipinski definition) is 1. The lowest BCUT2D eigenvalue weighted by Gasteiger charge is -2.04. The van der Waals surface area contributed by atoms with Gasteiger partial charge in [-0.05, 0) is 47.7 Å². The van der Waals surface area contributed by atoms with Gasteiger partial charge in [0, 0.05) is 0 Å². The van der Waals surface area contributed by atoms with Crippen molar-refractivity contribution in [2.45, 2.75) is 5.16 Å². The number of hydrogen-bond acceptors (Lipinski definition) is 6. The van der Waals surface area contributed by atoms with Gasteiger partial charge in [-0.25, -0.2) is 9.78 Å². The fourth-order valence-corrected chi connectivity index (χ4v) is 2.93. The number of methoxy groups -OCH3 is 1. The molecule has 0 aliphatic carbocycles. The van der Waals surface area contributed by atoms with E-state index in [1.807, 2.05) is 36.4 Å². The van der Waals surface area contributed by atoms with Crippen LogP contribution < -0.4 is 4.74 Å². The van der Waals surface area contributed by atoms with Crippen LogP contribution in [-0.4, -0.2) is 29.7 Å². The lowest BCUT2D eigenvalue weighted by Crippen LogP contribution is -2.12. The number of rotatable bonds is 6. The summed E-state index contributed by atoms with van der Waals surface area (Å²) < 4.78 is 9.81. The Bertz CT molecular complexity index is 954. The Morgan fingerprint density at radius 2 is 2.04 bits per heavy atom. The Hall–Kier alpha value is -3.24. The van der Waals surface area contributed by atoms with E-state index in [1.165, 1.54) is 18.9 Å². The number of benzene rings is 2. The summed E-state index contributed by atoms with van der Waals surface area (Å²) in [5.74, 6) is 0.110. The van der Waals surface area contributed by atoms with E-state index >= 15 is 0 Å². The number of carbonyl (C=O) groups excluding carboxylic acids is 1. The van der Waals surface area contributed by atoms with Gasteiger partial charge in [0.05, 0.1) is 23.0 Å². The van der Waals surface area contributed by atoms with E-state index in [-0.39, 0.29) is 6.61 Å². The Kier molecular flexibility index (Phi) is 5.56. The quantitative estimate of drug-likeness (QED) is 0.406. The molecule has 0 saturated heterocycles. The van der Waals surface area contributed by atoms with Gasteiger partial charge in [-0.15, -0.1) is 0 Å². The number of H-pyrrole nitrogens is 1. The van der Waals surface area contributed by atoms with E-state index < -0.39 is 5.97 Å². The zero-order chi connectivity index (χ0) is 18.4. The topological polar surface area (TPSA) is 88.0 Å². The minimum absolute atomic E-state index is 0.142. The van der Waals surface area contributed by atoms with Crippen LogP contribution in [0, 0.1) is 11.3 Å². The molecular formula is C19H15N3O3S. The predicted octanol–water partition coefficient (Wildman–Crippen LogP) is 3.77. The van der Waals surface area contributed by atoms with Crippen molar-refractivity contribution >= 4 is 34.8 Å². The second kappa shape index (κ2) is 8.23. The van der Waals surface area contributed by atoms with E-state index in [0.717, 1.165) is 16.6 Å². The third kappa shape index (κ3) is 4.43. The number of imidazole rings is 1. The lowest BCUT2D eigenvalue weighted by molar-refractivity contribution is -0.142. The summed E-state index contributed by atoms with van der Waals surface area (Å²) in [7, 11) is 1.31. The van der Waals surface area contributed by atoms with Gasteiger partial charge in [-0.3, -0.25) is 0 Å². The van der Waals surface area contributed by atoms with Crippen LogP contribution in [0.25, 0.3) is 17.1 Å². The number of nitriles is 1. The standard InChI is InChI=1S/C19H15N3O3S/c1-24-18(23)12-25-14-8-6-13(7-9-14)10-15(11-20)26-19-21-16-4-2-3-5-17(16)22-19/h2-10H,12H2,1H3,(H,21,22)/b15-10+. The van der Waals surface area contributed by atoms with Crippen LogP contribution in [-0.2, 0) is 9.53 Å². The van der Waals surface area contributed by atoms with Crippen LogP contribution >= 0.6 is 11.8 Å². The summed E-state index contributed by atoms with van der Waals surface area (Å²) in [5, 5.41) is 10.1. The van der Waals surface area contributed by atoms with Crippen molar-refractivity contribution in [1.82, 2.24) is 9.97 Å². The molecule has 0 bridgehead atoms. The molecule has 0 aliphatic rings. The normalized spacial score (nSPS) is 11.2. The van der Waals surface area contributed by atoms with Crippen LogP contribution in [0.4, 0.5) is 0 Å². The Labute approximate surface area is 154 Å². The van der Waals surface area contributed by atoms with Gasteiger partial charge in [0.25, 0.3) is 0 Å². The van der Waals surface area contributed by atoms with Gasteiger partial charge < -0.3 is 14.5 Å². The van der Waals surface area contributed by atoms with Crippen LogP contribution in [0.2, 0.25) is 0 Å². The van der Waals surface area contributed by atoms with Crippen molar-refractivity contribution in [1.29, 1.82) is 5.26 Å². The molecule has 1 N–H and O–H groups in total. The van der Waals surface area contributed by atoms with Gasteiger partial charge in [-0.1, -0.05) is 24.3 Å². The number of ether oxygens (including phenoxy) is 2. The molecule has 6 nitrogen and oxygen atoms in total. The van der Waals surface area contributed by atoms with E-state index in [2.05, 4.69) is 20.8 Å². The molecule has 0 saturated carbocycles. The Morgan fingerprint density at radius 3 is 2.73 bits per heavy atom. The summed E-state index contributed by atoms with van der Waals surface area (Å²) in [6.45, 7) is -0.142. The zero-order valence-corrected chi connectivity index (χ0v) is 14.7. The van der Waals surface area contributed by atoms with Crippen molar-refractivity contribution < 1.29 is 14.3 Å². The maximum Gasteiger partial charge on any atom is 0.343 e. The molecule has 0 amide bonds. The number of carbonyl (C=O) groups is 1. The van der Waals surface area contributed by atoms with Crippen LogP contribution in [0.1, 0.15) is 5.56 Å². The zero-order valence-electron chi connectivity index (χ0n) is 13.9. The molecule has 1 aromatic heterocycles. The highest BCUT2D eigenvalue weighted by Crippen LogP contribution is 2.27. The molecule has 3 rings (SSSR count). The summed E-state index contributed by atoms with van der Waals surface area (Å²) >= 11 is 1.27. The van der Waals surface area contributed by atoms with Gasteiger partial charge in [0.15, 0.2) is 11.8 Å². The van der Waals surface area contributed by atoms with Crippen molar-refractivity contribution in [3.63, 3.8) is 0 Å². The van der Waals surface area contributed by atoms with Gasteiger partial charge in [0.1, 0.15) is 11.8 Å². The molecule has 3 aromatic rings. The van der Waals surface area contributed by atoms with Crippen LogP contribution in [0.15, 0.2) is 58.6 Å². The maximum absolute atomic E-state index is 11.1. The Balaban J connectivity index is 1.70. The van der Waals surface area contributed by atoms with E-state index in [1.54, 1.807) is 18.2 Å². The predicted molar refractivity (Wildman–Crippen MR) is 99.5 cm³/mol.